The minimum atomic E-state index is 0.548. The highest BCUT2D eigenvalue weighted by Crippen LogP contribution is 2.34. The van der Waals surface area contributed by atoms with Crippen LogP contribution in [0.2, 0.25) is 0 Å². The molecule has 0 spiro atoms. The van der Waals surface area contributed by atoms with Crippen LogP contribution in [0.5, 0.6) is 0 Å². The quantitative estimate of drug-likeness (QED) is 0.572. The van der Waals surface area contributed by atoms with Crippen LogP contribution >= 0.6 is 0 Å². The SMILES string of the molecule is CCCCC[C@@H](c1ccc2c(c1)c1ccccc1n2CC)N1CCNCC1. The topological polar surface area (TPSA) is 20.2 Å². The standard InChI is InChI=1S/C24H33N3/c1-3-5-6-10-22(26-16-14-25-15-17-26)19-12-13-24-21(18-19)20-9-7-8-11-23(20)27(24)4-2/h7-9,11-13,18,22,25H,3-6,10,14-17H2,1-2H3/t22-/m0/s1. The highest BCUT2D eigenvalue weighted by molar-refractivity contribution is 6.08. The third-order valence-electron chi connectivity index (χ3n) is 6.17. The Labute approximate surface area is 163 Å². The zero-order valence-electron chi connectivity index (χ0n) is 16.9. The molecule has 0 unspecified atom stereocenters. The van der Waals surface area contributed by atoms with Crippen LogP contribution in [-0.4, -0.2) is 35.6 Å². The van der Waals surface area contributed by atoms with E-state index in [4.69, 9.17) is 0 Å². The Balaban J connectivity index is 1.76. The fraction of sp³-hybridized carbons (Fsp3) is 0.500. The molecule has 0 amide bonds. The number of rotatable bonds is 7. The van der Waals surface area contributed by atoms with Crippen molar-refractivity contribution >= 4 is 21.8 Å². The van der Waals surface area contributed by atoms with Gasteiger partial charge in [0, 0.05) is 60.6 Å². The number of aromatic nitrogens is 1. The first-order valence-electron chi connectivity index (χ1n) is 10.8. The highest BCUT2D eigenvalue weighted by Gasteiger charge is 2.22. The molecule has 1 aliphatic heterocycles. The molecular weight excluding hydrogens is 330 g/mol. The Hall–Kier alpha value is -1.84. The molecular formula is C24H33N3. The van der Waals surface area contributed by atoms with E-state index < -0.39 is 0 Å². The molecule has 2 aromatic carbocycles. The maximum Gasteiger partial charge on any atom is 0.0491 e. The van der Waals surface area contributed by atoms with Crippen molar-refractivity contribution in [3.8, 4) is 0 Å². The van der Waals surface area contributed by atoms with Crippen LogP contribution in [0.1, 0.15) is 51.1 Å². The lowest BCUT2D eigenvalue weighted by Crippen LogP contribution is -2.45. The summed E-state index contributed by atoms with van der Waals surface area (Å²) < 4.78 is 2.45. The average molecular weight is 364 g/mol. The first-order valence-corrected chi connectivity index (χ1v) is 10.8. The number of fused-ring (bicyclic) bond motifs is 3. The predicted octanol–water partition coefficient (Wildman–Crippen LogP) is 5.34. The number of para-hydroxylation sites is 1. The molecule has 0 saturated carbocycles. The van der Waals surface area contributed by atoms with E-state index in [0.29, 0.717) is 6.04 Å². The van der Waals surface area contributed by atoms with Crippen molar-refractivity contribution in [1.29, 1.82) is 0 Å². The average Bonchev–Trinajstić information content (AvgIpc) is 3.05. The van der Waals surface area contributed by atoms with E-state index in [0.717, 1.165) is 32.7 Å². The molecule has 27 heavy (non-hydrogen) atoms. The monoisotopic (exact) mass is 363 g/mol. The second-order valence-electron chi connectivity index (χ2n) is 7.84. The number of hydrogen-bond donors (Lipinski definition) is 1. The number of benzene rings is 2. The van der Waals surface area contributed by atoms with E-state index in [9.17, 15) is 0 Å². The van der Waals surface area contributed by atoms with Gasteiger partial charge in [0.25, 0.3) is 0 Å². The summed E-state index contributed by atoms with van der Waals surface area (Å²) in [6.45, 7) is 10.1. The molecule has 1 atom stereocenters. The third-order valence-corrected chi connectivity index (χ3v) is 6.17. The van der Waals surface area contributed by atoms with Gasteiger partial charge in [-0.15, -0.1) is 0 Å². The Kier molecular flexibility index (Phi) is 5.80. The predicted molar refractivity (Wildman–Crippen MR) is 116 cm³/mol. The minimum absolute atomic E-state index is 0.548. The lowest BCUT2D eigenvalue weighted by atomic mass is 9.96. The smallest absolute Gasteiger partial charge is 0.0491 e. The van der Waals surface area contributed by atoms with Gasteiger partial charge in [0.2, 0.25) is 0 Å². The van der Waals surface area contributed by atoms with E-state index in [2.05, 4.69) is 71.1 Å². The molecule has 1 saturated heterocycles. The summed E-state index contributed by atoms with van der Waals surface area (Å²) in [4.78, 5) is 2.70. The highest BCUT2D eigenvalue weighted by atomic mass is 15.2. The van der Waals surface area contributed by atoms with Crippen LogP contribution in [0, 0.1) is 0 Å². The van der Waals surface area contributed by atoms with Gasteiger partial charge in [0.05, 0.1) is 0 Å². The van der Waals surface area contributed by atoms with Crippen LogP contribution in [0.25, 0.3) is 21.8 Å². The molecule has 0 aliphatic carbocycles. The van der Waals surface area contributed by atoms with Gasteiger partial charge in [-0.05, 0) is 37.1 Å². The van der Waals surface area contributed by atoms with Gasteiger partial charge in [0.15, 0.2) is 0 Å². The summed E-state index contributed by atoms with van der Waals surface area (Å²) in [5.41, 5.74) is 4.23. The van der Waals surface area contributed by atoms with Crippen molar-refractivity contribution in [1.82, 2.24) is 14.8 Å². The molecule has 0 bridgehead atoms. The maximum absolute atomic E-state index is 3.51. The first kappa shape index (κ1) is 18.5. The number of unbranched alkanes of at least 4 members (excludes halogenated alkanes) is 2. The van der Waals surface area contributed by atoms with E-state index in [1.165, 1.54) is 53.1 Å². The van der Waals surface area contributed by atoms with Gasteiger partial charge in [-0.1, -0.05) is 50.5 Å². The lowest BCUT2D eigenvalue weighted by molar-refractivity contribution is 0.163. The van der Waals surface area contributed by atoms with Crippen molar-refractivity contribution in [3.63, 3.8) is 0 Å². The number of aryl methyl sites for hydroxylation is 1. The molecule has 4 rings (SSSR count). The van der Waals surface area contributed by atoms with Crippen LogP contribution in [0.3, 0.4) is 0 Å². The van der Waals surface area contributed by atoms with Gasteiger partial charge >= 0.3 is 0 Å². The molecule has 3 aromatic rings. The van der Waals surface area contributed by atoms with Crippen molar-refractivity contribution in [2.75, 3.05) is 26.2 Å². The van der Waals surface area contributed by atoms with Gasteiger partial charge < -0.3 is 9.88 Å². The first-order chi connectivity index (χ1) is 13.3. The van der Waals surface area contributed by atoms with Crippen LogP contribution < -0.4 is 5.32 Å². The zero-order valence-corrected chi connectivity index (χ0v) is 16.9. The summed E-state index contributed by atoms with van der Waals surface area (Å²) in [5.74, 6) is 0. The number of nitrogens with one attached hydrogen (secondary N) is 1. The second-order valence-corrected chi connectivity index (χ2v) is 7.84. The largest absolute Gasteiger partial charge is 0.341 e. The van der Waals surface area contributed by atoms with Crippen molar-refractivity contribution in [2.24, 2.45) is 0 Å². The molecule has 1 fully saturated rings. The fourth-order valence-electron chi connectivity index (χ4n) is 4.76. The third kappa shape index (κ3) is 3.63. The van der Waals surface area contributed by atoms with E-state index in [-0.39, 0.29) is 0 Å². The van der Waals surface area contributed by atoms with Crippen molar-refractivity contribution < 1.29 is 0 Å². The number of nitrogens with zero attached hydrogens (tertiary/aromatic N) is 2. The van der Waals surface area contributed by atoms with Gasteiger partial charge in [-0.3, -0.25) is 4.90 Å². The fourth-order valence-corrected chi connectivity index (χ4v) is 4.76. The van der Waals surface area contributed by atoms with E-state index in [1.54, 1.807) is 0 Å². The Morgan fingerprint density at radius 2 is 1.70 bits per heavy atom. The summed E-state index contributed by atoms with van der Waals surface area (Å²) in [6, 6.07) is 16.7. The number of hydrogen-bond acceptors (Lipinski definition) is 2. The molecule has 144 valence electrons. The summed E-state index contributed by atoms with van der Waals surface area (Å²) in [7, 11) is 0. The summed E-state index contributed by atoms with van der Waals surface area (Å²) >= 11 is 0. The lowest BCUT2D eigenvalue weighted by Gasteiger charge is -2.35. The Morgan fingerprint density at radius 1 is 0.926 bits per heavy atom. The van der Waals surface area contributed by atoms with Gasteiger partial charge in [-0.2, -0.15) is 0 Å². The Bertz CT molecular complexity index is 889. The number of piperazine rings is 1. The van der Waals surface area contributed by atoms with Gasteiger partial charge in [-0.25, -0.2) is 0 Å². The van der Waals surface area contributed by atoms with E-state index in [1.807, 2.05) is 0 Å². The normalized spacial score (nSPS) is 17.0. The van der Waals surface area contributed by atoms with Crippen molar-refractivity contribution in [3.05, 3.63) is 48.0 Å². The van der Waals surface area contributed by atoms with Crippen LogP contribution in [0.15, 0.2) is 42.5 Å². The molecule has 1 aromatic heterocycles. The maximum atomic E-state index is 3.51. The van der Waals surface area contributed by atoms with Crippen LogP contribution in [0.4, 0.5) is 0 Å². The summed E-state index contributed by atoms with van der Waals surface area (Å²) in [6.07, 6.45) is 5.21. The molecule has 3 nitrogen and oxygen atoms in total. The molecule has 1 aliphatic rings. The minimum Gasteiger partial charge on any atom is -0.341 e. The van der Waals surface area contributed by atoms with E-state index >= 15 is 0 Å². The molecule has 3 heteroatoms. The Morgan fingerprint density at radius 3 is 2.48 bits per heavy atom. The summed E-state index contributed by atoms with van der Waals surface area (Å²) in [5, 5.41) is 6.32. The zero-order chi connectivity index (χ0) is 18.6. The van der Waals surface area contributed by atoms with Crippen LogP contribution in [-0.2, 0) is 6.54 Å². The molecule has 1 N–H and O–H groups in total. The van der Waals surface area contributed by atoms with Gasteiger partial charge in [0.1, 0.15) is 0 Å². The van der Waals surface area contributed by atoms with Crippen molar-refractivity contribution in [2.45, 2.75) is 52.1 Å². The molecule has 2 heterocycles. The second kappa shape index (κ2) is 8.45. The molecule has 0 radical (unpaired) electrons.